The molecule has 0 aromatic carbocycles. The summed E-state index contributed by atoms with van der Waals surface area (Å²) in [4.78, 5) is 1.89. The standard InChI is InChI=1S/C50H88O4SSi6/c1-47(2,3)58(19,20)51-37-41(43(33-35-56(13,14)15)39-53-60(23,24)49(7,8)9)27-29-45-31-32-46(55-45)30-28-42(38-52-59(21,22)48(4,5)6)44(34-36-57(16,17)18)40-54-61(25,26)50(10,11)12/h31-32H,37-40H2,1-26H3/b43-41+,44-42+. The fraction of sp³-hybridized carbons (Fsp3) is 0.680. The smallest absolute Gasteiger partial charge is 0.192 e. The van der Waals surface area contributed by atoms with Gasteiger partial charge >= 0.3 is 0 Å². The molecule has 0 N–H and O–H groups in total. The van der Waals surface area contributed by atoms with E-state index in [1.165, 1.54) is 0 Å². The first kappa shape index (κ1) is 57.6. The zero-order valence-corrected chi connectivity index (χ0v) is 50.8. The molecular formula is C50H88O4SSi6. The summed E-state index contributed by atoms with van der Waals surface area (Å²) >= 11 is 1.61. The maximum Gasteiger partial charge on any atom is 0.192 e. The van der Waals surface area contributed by atoms with E-state index in [4.69, 9.17) is 17.7 Å². The highest BCUT2D eigenvalue weighted by Crippen LogP contribution is 2.40. The quantitative estimate of drug-likeness (QED) is 0.155. The Bertz CT molecular complexity index is 1840. The summed E-state index contributed by atoms with van der Waals surface area (Å²) in [5, 5.41) is 0.282. The summed E-state index contributed by atoms with van der Waals surface area (Å²) < 4.78 is 27.3. The van der Waals surface area contributed by atoms with Crippen molar-refractivity contribution in [3.05, 3.63) is 44.2 Å². The highest BCUT2D eigenvalue weighted by atomic mass is 32.1. The molecular weight excluding hydrogens is 865 g/mol. The van der Waals surface area contributed by atoms with Gasteiger partial charge in [0.05, 0.1) is 36.2 Å². The SMILES string of the molecule is CC(C)(C)[Si](C)(C)OC/C(C#Cc1ccc(C#C/C(CO[Si](C)(C)C(C)(C)C)=C(/C#C[Si](C)(C)C)CO[Si](C)(C)C(C)(C)C)s1)=C(\C#C[Si](C)(C)C)CO[Si](C)(C)C(C)(C)C. The molecule has 342 valence electrons. The van der Waals surface area contributed by atoms with Crippen molar-refractivity contribution in [2.45, 2.75) is 195 Å². The Morgan fingerprint density at radius 3 is 0.803 bits per heavy atom. The second-order valence-electron chi connectivity index (χ2n) is 24.8. The summed E-state index contributed by atoms with van der Waals surface area (Å²) in [5.74, 6) is 21.4. The summed E-state index contributed by atoms with van der Waals surface area (Å²) in [6.07, 6.45) is 0. The summed E-state index contributed by atoms with van der Waals surface area (Å²) in [6.45, 7) is 61.1. The molecule has 0 amide bonds. The lowest BCUT2D eigenvalue weighted by molar-refractivity contribution is 0.308. The van der Waals surface area contributed by atoms with Gasteiger partial charge in [-0.2, -0.15) is 0 Å². The summed E-state index contributed by atoms with van der Waals surface area (Å²) in [7, 11) is -11.7. The molecule has 0 fully saturated rings. The van der Waals surface area contributed by atoms with Crippen molar-refractivity contribution in [2.75, 3.05) is 26.4 Å². The molecule has 0 aliphatic carbocycles. The highest BCUT2D eigenvalue weighted by Gasteiger charge is 2.40. The third-order valence-corrected chi connectivity index (χ3v) is 33.3. The van der Waals surface area contributed by atoms with Gasteiger partial charge in [0.15, 0.2) is 33.3 Å². The van der Waals surface area contributed by atoms with Crippen molar-refractivity contribution < 1.29 is 17.7 Å². The minimum Gasteiger partial charge on any atom is -0.412 e. The average molecular weight is 954 g/mol. The van der Waals surface area contributed by atoms with E-state index in [1.807, 2.05) is 0 Å². The minimum absolute atomic E-state index is 0.0642. The average Bonchev–Trinajstić information content (AvgIpc) is 3.50. The summed E-state index contributed by atoms with van der Waals surface area (Å²) in [6, 6.07) is 4.16. The molecule has 0 spiro atoms. The zero-order chi connectivity index (χ0) is 47.9. The van der Waals surface area contributed by atoms with Gasteiger partial charge in [0.1, 0.15) is 16.1 Å². The molecule has 0 bridgehead atoms. The van der Waals surface area contributed by atoms with Crippen LogP contribution in [-0.4, -0.2) is 75.8 Å². The summed E-state index contributed by atoms with van der Waals surface area (Å²) in [5.41, 5.74) is 11.0. The van der Waals surface area contributed by atoms with Gasteiger partial charge in [-0.1, -0.05) is 158 Å². The largest absolute Gasteiger partial charge is 0.412 e. The lowest BCUT2D eigenvalue weighted by Gasteiger charge is -2.37. The first-order chi connectivity index (χ1) is 27.0. The number of hydrogen-bond donors (Lipinski definition) is 0. The van der Waals surface area contributed by atoms with Crippen molar-refractivity contribution >= 4 is 60.8 Å². The Balaban J connectivity index is 4.06. The third-order valence-electron chi connectivity index (χ3n) is 12.7. The molecule has 0 unspecified atom stereocenters. The maximum atomic E-state index is 6.85. The first-order valence-corrected chi connectivity index (χ1v) is 41.7. The van der Waals surface area contributed by atoms with Gasteiger partial charge in [-0.15, -0.1) is 22.4 Å². The van der Waals surface area contributed by atoms with Crippen LogP contribution in [0, 0.1) is 46.6 Å². The molecule has 1 aromatic heterocycles. The van der Waals surface area contributed by atoms with E-state index in [-0.39, 0.29) is 20.2 Å². The molecule has 0 radical (unpaired) electrons. The fourth-order valence-electron chi connectivity index (χ4n) is 3.94. The van der Waals surface area contributed by atoms with Crippen LogP contribution in [0.4, 0.5) is 0 Å². The molecule has 4 nitrogen and oxygen atoms in total. The lowest BCUT2D eigenvalue weighted by atomic mass is 10.1. The van der Waals surface area contributed by atoms with Gasteiger partial charge in [-0.05, 0) is 84.7 Å². The second-order valence-corrected chi connectivity index (χ2v) is 54.6. The zero-order valence-electron chi connectivity index (χ0n) is 44.0. The van der Waals surface area contributed by atoms with Crippen LogP contribution in [0.5, 0.6) is 0 Å². The molecule has 1 aromatic rings. The Morgan fingerprint density at radius 2 is 0.607 bits per heavy atom. The highest BCUT2D eigenvalue weighted by molar-refractivity contribution is 7.13. The normalized spacial score (nSPS) is 14.6. The molecule has 0 saturated heterocycles. The topological polar surface area (TPSA) is 36.9 Å². The van der Waals surface area contributed by atoms with Gasteiger partial charge in [0.2, 0.25) is 0 Å². The van der Waals surface area contributed by atoms with E-state index < -0.39 is 49.4 Å². The van der Waals surface area contributed by atoms with Crippen LogP contribution < -0.4 is 0 Å². The van der Waals surface area contributed by atoms with E-state index >= 15 is 0 Å². The molecule has 0 saturated carbocycles. The van der Waals surface area contributed by atoms with Crippen molar-refractivity contribution in [1.29, 1.82) is 0 Å². The molecule has 0 atom stereocenters. The van der Waals surface area contributed by atoms with E-state index in [9.17, 15) is 0 Å². The van der Waals surface area contributed by atoms with E-state index in [0.29, 0.717) is 26.4 Å². The van der Waals surface area contributed by atoms with Gasteiger partial charge in [-0.3, -0.25) is 0 Å². The van der Waals surface area contributed by atoms with Crippen molar-refractivity contribution in [2.24, 2.45) is 0 Å². The Kier molecular flexibility index (Phi) is 20.1. The van der Waals surface area contributed by atoms with Gasteiger partial charge in [0.25, 0.3) is 0 Å². The predicted octanol–water partition coefficient (Wildman–Crippen LogP) is 14.9. The number of rotatable bonds is 12. The van der Waals surface area contributed by atoms with E-state index in [2.05, 4.69) is 233 Å². The third kappa shape index (κ3) is 19.7. The Hall–Kier alpha value is -1.44. The first-order valence-electron chi connectivity index (χ1n) is 22.2. The van der Waals surface area contributed by atoms with Crippen molar-refractivity contribution in [1.82, 2.24) is 0 Å². The molecule has 0 aliphatic heterocycles. The lowest BCUT2D eigenvalue weighted by Crippen LogP contribution is -2.42. The van der Waals surface area contributed by atoms with Crippen LogP contribution in [0.25, 0.3) is 0 Å². The van der Waals surface area contributed by atoms with Gasteiger partial charge in [0, 0.05) is 22.3 Å². The number of thiophene rings is 1. The monoisotopic (exact) mass is 953 g/mol. The van der Waals surface area contributed by atoms with Crippen LogP contribution in [0.1, 0.15) is 92.8 Å². The molecule has 0 aliphatic rings. The van der Waals surface area contributed by atoms with Crippen LogP contribution in [0.2, 0.25) is 112 Å². The Labute approximate surface area is 388 Å². The van der Waals surface area contributed by atoms with Crippen molar-refractivity contribution in [3.63, 3.8) is 0 Å². The van der Waals surface area contributed by atoms with Crippen LogP contribution >= 0.6 is 11.3 Å². The molecule has 11 heteroatoms. The molecule has 61 heavy (non-hydrogen) atoms. The second kappa shape index (κ2) is 21.2. The van der Waals surface area contributed by atoms with E-state index in [0.717, 1.165) is 32.0 Å². The minimum atomic E-state index is -2.09. The van der Waals surface area contributed by atoms with Gasteiger partial charge in [-0.25, -0.2) is 0 Å². The van der Waals surface area contributed by atoms with Crippen LogP contribution in [0.3, 0.4) is 0 Å². The fourth-order valence-corrected chi connectivity index (χ4v) is 9.46. The van der Waals surface area contributed by atoms with Crippen LogP contribution in [0.15, 0.2) is 34.4 Å². The Morgan fingerprint density at radius 1 is 0.393 bits per heavy atom. The molecule has 1 rings (SSSR count). The van der Waals surface area contributed by atoms with E-state index in [1.54, 1.807) is 11.3 Å². The number of hydrogen-bond acceptors (Lipinski definition) is 5. The van der Waals surface area contributed by atoms with Crippen LogP contribution in [-0.2, 0) is 17.7 Å². The molecule has 1 heterocycles. The maximum absolute atomic E-state index is 6.85. The predicted molar refractivity (Wildman–Crippen MR) is 287 cm³/mol. The van der Waals surface area contributed by atoms with Crippen molar-refractivity contribution in [3.8, 4) is 46.6 Å². The van der Waals surface area contributed by atoms with Gasteiger partial charge < -0.3 is 17.7 Å².